The van der Waals surface area contributed by atoms with Gasteiger partial charge in [0.05, 0.1) is 24.1 Å². The zero-order valence-corrected chi connectivity index (χ0v) is 17.2. The fourth-order valence-electron chi connectivity index (χ4n) is 5.44. The van der Waals surface area contributed by atoms with Crippen molar-refractivity contribution < 1.29 is 9.53 Å². The first-order valence-electron chi connectivity index (χ1n) is 11.0. The van der Waals surface area contributed by atoms with Gasteiger partial charge in [0.2, 0.25) is 0 Å². The van der Waals surface area contributed by atoms with Gasteiger partial charge in [0.1, 0.15) is 18.2 Å². The van der Waals surface area contributed by atoms with Gasteiger partial charge in [-0.2, -0.15) is 0 Å². The molecule has 2 bridgehead atoms. The van der Waals surface area contributed by atoms with Crippen molar-refractivity contribution in [3.8, 4) is 16.9 Å². The molecule has 1 N–H and O–H groups in total. The number of nitrogens with one attached hydrogen (secondary N) is 1. The van der Waals surface area contributed by atoms with Gasteiger partial charge in [-0.1, -0.05) is 12.1 Å². The number of ether oxygens (including phenoxy) is 1. The van der Waals surface area contributed by atoms with Gasteiger partial charge in [0.25, 0.3) is 0 Å². The largest absolute Gasteiger partial charge is 0.491 e. The van der Waals surface area contributed by atoms with Crippen LogP contribution in [0.1, 0.15) is 37.1 Å². The molecule has 2 amide bonds. The monoisotopic (exact) mass is 402 g/mol. The summed E-state index contributed by atoms with van der Waals surface area (Å²) in [5.74, 6) is 1.81. The van der Waals surface area contributed by atoms with Gasteiger partial charge in [-0.05, 0) is 68.0 Å². The zero-order chi connectivity index (χ0) is 20.2. The number of H-pyrrole nitrogens is 1. The van der Waals surface area contributed by atoms with E-state index >= 15 is 0 Å². The van der Waals surface area contributed by atoms with Crippen LogP contribution in [0.4, 0.5) is 4.79 Å². The Morgan fingerprint density at radius 3 is 2.60 bits per heavy atom. The fraction of sp³-hybridized carbons (Fsp3) is 0.417. The molecule has 0 spiro atoms. The van der Waals surface area contributed by atoms with Crippen LogP contribution in [-0.2, 0) is 6.54 Å². The third-order valence-electron chi connectivity index (χ3n) is 6.92. The van der Waals surface area contributed by atoms with Crippen molar-refractivity contribution in [2.75, 3.05) is 13.2 Å². The van der Waals surface area contributed by atoms with E-state index < -0.39 is 0 Å². The van der Waals surface area contributed by atoms with Gasteiger partial charge in [-0.3, -0.25) is 0 Å². The number of aromatic nitrogens is 2. The molecule has 0 aliphatic carbocycles. The average molecular weight is 402 g/mol. The molecule has 2 fully saturated rings. The topological polar surface area (TPSA) is 61.5 Å². The Bertz CT molecular complexity index is 1120. The fourth-order valence-corrected chi connectivity index (χ4v) is 5.44. The highest BCUT2D eigenvalue weighted by Crippen LogP contribution is 2.39. The minimum Gasteiger partial charge on any atom is -0.491 e. The quantitative estimate of drug-likeness (QED) is 0.653. The van der Waals surface area contributed by atoms with Gasteiger partial charge in [0, 0.05) is 17.6 Å². The van der Waals surface area contributed by atoms with Crippen molar-refractivity contribution in [2.24, 2.45) is 0 Å². The Kier molecular flexibility index (Phi) is 4.01. The number of hydrogen-bond acceptors (Lipinski definition) is 3. The predicted molar refractivity (Wildman–Crippen MR) is 115 cm³/mol. The number of imidazole rings is 1. The minimum absolute atomic E-state index is 0.191. The molecule has 6 nitrogen and oxygen atoms in total. The second kappa shape index (κ2) is 6.76. The number of carbonyl (C=O) groups excluding carboxylic acids is 1. The zero-order valence-electron chi connectivity index (χ0n) is 17.2. The standard InChI is InChI=1S/C24H26N4O2/c1-15-25-21-8-2-17(13-22(21)26-15)16-3-9-23-18(12-16)14-27(10-11-30-23)24(29)28-19-4-5-20(28)7-6-19/h2-3,8-9,12-13,19-20H,4-7,10-11,14H2,1H3,(H,25,26). The van der Waals surface area contributed by atoms with Crippen LogP contribution < -0.4 is 4.74 Å². The molecule has 2 aromatic carbocycles. The van der Waals surface area contributed by atoms with Gasteiger partial charge >= 0.3 is 6.03 Å². The Morgan fingerprint density at radius 2 is 1.80 bits per heavy atom. The molecule has 1 aromatic heterocycles. The number of urea groups is 1. The summed E-state index contributed by atoms with van der Waals surface area (Å²) in [5, 5.41) is 0. The maximum atomic E-state index is 13.3. The van der Waals surface area contributed by atoms with Crippen LogP contribution in [0.5, 0.6) is 5.75 Å². The molecule has 2 saturated heterocycles. The van der Waals surface area contributed by atoms with Crippen LogP contribution >= 0.6 is 0 Å². The minimum atomic E-state index is 0.191. The van der Waals surface area contributed by atoms with Crippen molar-refractivity contribution in [3.05, 3.63) is 47.8 Å². The molecule has 6 heteroatoms. The average Bonchev–Trinajstić information content (AvgIpc) is 3.41. The lowest BCUT2D eigenvalue weighted by Crippen LogP contribution is -2.46. The molecule has 0 radical (unpaired) electrons. The molecule has 0 saturated carbocycles. The van der Waals surface area contributed by atoms with E-state index in [-0.39, 0.29) is 6.03 Å². The SMILES string of the molecule is Cc1nc2ccc(-c3ccc4c(c3)CN(C(=O)N3C5CCC3CC5)CCO4)cc2[nH]1. The van der Waals surface area contributed by atoms with E-state index in [9.17, 15) is 4.79 Å². The van der Waals surface area contributed by atoms with Crippen LogP contribution in [0.3, 0.4) is 0 Å². The number of hydrogen-bond donors (Lipinski definition) is 1. The Hall–Kier alpha value is -3.02. The number of aromatic amines is 1. The summed E-state index contributed by atoms with van der Waals surface area (Å²) in [5.41, 5.74) is 5.35. The third-order valence-corrected chi connectivity index (χ3v) is 6.92. The van der Waals surface area contributed by atoms with Crippen molar-refractivity contribution in [2.45, 2.75) is 51.2 Å². The molecule has 6 rings (SSSR count). The van der Waals surface area contributed by atoms with Crippen molar-refractivity contribution in [3.63, 3.8) is 0 Å². The molecular weight excluding hydrogens is 376 g/mol. The second-order valence-electron chi connectivity index (χ2n) is 8.80. The highest BCUT2D eigenvalue weighted by atomic mass is 16.5. The Balaban J connectivity index is 1.30. The van der Waals surface area contributed by atoms with Gasteiger partial charge in [-0.15, -0.1) is 0 Å². The molecule has 3 aliphatic rings. The lowest BCUT2D eigenvalue weighted by atomic mass is 10.0. The molecule has 4 heterocycles. The Morgan fingerprint density at radius 1 is 1.07 bits per heavy atom. The first-order chi connectivity index (χ1) is 14.7. The van der Waals surface area contributed by atoms with Gasteiger partial charge in [-0.25, -0.2) is 9.78 Å². The normalized spacial score (nSPS) is 22.8. The molecule has 154 valence electrons. The van der Waals surface area contributed by atoms with E-state index in [1.54, 1.807) is 0 Å². The lowest BCUT2D eigenvalue weighted by molar-refractivity contribution is 0.140. The molecular formula is C24H26N4O2. The molecule has 3 aliphatic heterocycles. The van der Waals surface area contributed by atoms with E-state index in [4.69, 9.17) is 4.74 Å². The number of fused-ring (bicyclic) bond motifs is 4. The van der Waals surface area contributed by atoms with E-state index in [1.165, 1.54) is 0 Å². The van der Waals surface area contributed by atoms with Crippen LogP contribution in [0, 0.1) is 6.92 Å². The van der Waals surface area contributed by atoms with Crippen LogP contribution in [-0.4, -0.2) is 51.0 Å². The summed E-state index contributed by atoms with van der Waals surface area (Å²) in [6, 6.07) is 13.7. The maximum Gasteiger partial charge on any atom is 0.320 e. The van der Waals surface area contributed by atoms with E-state index in [2.05, 4.69) is 45.2 Å². The molecule has 3 aromatic rings. The first-order valence-corrected chi connectivity index (χ1v) is 11.0. The number of amides is 2. The van der Waals surface area contributed by atoms with E-state index in [0.717, 1.165) is 65.0 Å². The van der Waals surface area contributed by atoms with Crippen LogP contribution in [0.2, 0.25) is 0 Å². The molecule has 0 unspecified atom stereocenters. The van der Waals surface area contributed by atoms with Crippen molar-refractivity contribution >= 4 is 17.1 Å². The van der Waals surface area contributed by atoms with Crippen molar-refractivity contribution in [1.82, 2.24) is 19.8 Å². The second-order valence-corrected chi connectivity index (χ2v) is 8.80. The number of rotatable bonds is 1. The first kappa shape index (κ1) is 17.8. The summed E-state index contributed by atoms with van der Waals surface area (Å²) in [4.78, 5) is 25.3. The summed E-state index contributed by atoms with van der Waals surface area (Å²) in [7, 11) is 0. The summed E-state index contributed by atoms with van der Waals surface area (Å²) in [6.07, 6.45) is 4.65. The number of aryl methyl sites for hydroxylation is 1. The summed E-state index contributed by atoms with van der Waals surface area (Å²) < 4.78 is 6.00. The molecule has 0 atom stereocenters. The number of nitrogens with zero attached hydrogens (tertiary/aromatic N) is 3. The molecule has 30 heavy (non-hydrogen) atoms. The van der Waals surface area contributed by atoms with Gasteiger partial charge in [0.15, 0.2) is 0 Å². The van der Waals surface area contributed by atoms with E-state index in [0.29, 0.717) is 31.8 Å². The summed E-state index contributed by atoms with van der Waals surface area (Å²) in [6.45, 7) is 3.75. The number of carbonyl (C=O) groups is 1. The highest BCUT2D eigenvalue weighted by molar-refractivity contribution is 5.82. The Labute approximate surface area is 175 Å². The lowest BCUT2D eigenvalue weighted by Gasteiger charge is -2.30. The highest BCUT2D eigenvalue weighted by Gasteiger charge is 2.43. The maximum absolute atomic E-state index is 13.3. The van der Waals surface area contributed by atoms with Crippen LogP contribution in [0.15, 0.2) is 36.4 Å². The summed E-state index contributed by atoms with van der Waals surface area (Å²) >= 11 is 0. The smallest absolute Gasteiger partial charge is 0.320 e. The third kappa shape index (κ3) is 2.85. The predicted octanol–water partition coefficient (Wildman–Crippen LogP) is 4.48. The van der Waals surface area contributed by atoms with Crippen LogP contribution in [0.25, 0.3) is 22.2 Å². The van der Waals surface area contributed by atoms with Crippen molar-refractivity contribution in [1.29, 1.82) is 0 Å². The number of benzene rings is 2. The van der Waals surface area contributed by atoms with E-state index in [1.807, 2.05) is 17.9 Å². The van der Waals surface area contributed by atoms with Gasteiger partial charge < -0.3 is 19.5 Å².